The molecule has 1 amide bonds. The highest BCUT2D eigenvalue weighted by molar-refractivity contribution is 7.14. The number of carboxylic acids is 1. The van der Waals surface area contributed by atoms with Gasteiger partial charge >= 0.3 is 5.97 Å². The Kier molecular flexibility index (Phi) is 4.61. The SMILES string of the molecule is O=C(O)c1cc2c(s1)C1(CCN(C(=O)c3ccc(Cl)c(O)c3)CC1)OCC2. The Balaban J connectivity index is 1.53. The summed E-state index contributed by atoms with van der Waals surface area (Å²) >= 11 is 7.09. The zero-order valence-corrected chi connectivity index (χ0v) is 16.0. The number of halogens is 1. The molecular formula is C19H18ClNO5S. The summed E-state index contributed by atoms with van der Waals surface area (Å²) in [6, 6.07) is 6.23. The number of hydrogen-bond donors (Lipinski definition) is 2. The van der Waals surface area contributed by atoms with Crippen LogP contribution >= 0.6 is 22.9 Å². The number of phenols is 1. The van der Waals surface area contributed by atoms with Crippen molar-refractivity contribution in [1.82, 2.24) is 4.90 Å². The monoisotopic (exact) mass is 407 g/mol. The summed E-state index contributed by atoms with van der Waals surface area (Å²) in [6.07, 6.45) is 1.95. The van der Waals surface area contributed by atoms with E-state index in [0.717, 1.165) is 10.4 Å². The molecule has 2 aromatic rings. The fourth-order valence-corrected chi connectivity index (χ4v) is 5.17. The van der Waals surface area contributed by atoms with Crippen molar-refractivity contribution in [2.24, 2.45) is 0 Å². The number of piperidine rings is 1. The Bertz CT molecular complexity index is 917. The van der Waals surface area contributed by atoms with Crippen LogP contribution in [0.15, 0.2) is 24.3 Å². The maximum Gasteiger partial charge on any atom is 0.345 e. The van der Waals surface area contributed by atoms with Gasteiger partial charge in [-0.15, -0.1) is 11.3 Å². The Morgan fingerprint density at radius 3 is 2.63 bits per heavy atom. The van der Waals surface area contributed by atoms with Crippen LogP contribution in [0.2, 0.25) is 5.02 Å². The highest BCUT2D eigenvalue weighted by Crippen LogP contribution is 2.45. The number of carbonyl (C=O) groups is 2. The van der Waals surface area contributed by atoms with Crippen LogP contribution in [0.5, 0.6) is 5.75 Å². The molecule has 4 rings (SSSR count). The number of ether oxygens (including phenoxy) is 1. The molecule has 27 heavy (non-hydrogen) atoms. The van der Waals surface area contributed by atoms with Gasteiger partial charge in [0.1, 0.15) is 16.2 Å². The van der Waals surface area contributed by atoms with Crippen LogP contribution < -0.4 is 0 Å². The van der Waals surface area contributed by atoms with Crippen molar-refractivity contribution in [2.45, 2.75) is 24.9 Å². The van der Waals surface area contributed by atoms with Crippen molar-refractivity contribution in [1.29, 1.82) is 0 Å². The lowest BCUT2D eigenvalue weighted by molar-refractivity contribution is -0.0906. The lowest BCUT2D eigenvalue weighted by Gasteiger charge is -2.43. The number of amides is 1. The quantitative estimate of drug-likeness (QED) is 0.795. The Labute approximate surface area is 164 Å². The zero-order valence-electron chi connectivity index (χ0n) is 14.4. The van der Waals surface area contributed by atoms with Gasteiger partial charge in [0.25, 0.3) is 5.91 Å². The van der Waals surface area contributed by atoms with Crippen LogP contribution in [0.4, 0.5) is 0 Å². The van der Waals surface area contributed by atoms with Crippen LogP contribution in [0, 0.1) is 0 Å². The maximum absolute atomic E-state index is 12.7. The number of aromatic carboxylic acids is 1. The Morgan fingerprint density at radius 1 is 1.22 bits per heavy atom. The third-order valence-corrected chi connectivity index (χ3v) is 6.91. The van der Waals surface area contributed by atoms with E-state index in [0.29, 0.717) is 49.4 Å². The number of fused-ring (bicyclic) bond motifs is 2. The summed E-state index contributed by atoms with van der Waals surface area (Å²) in [6.45, 7) is 1.56. The van der Waals surface area contributed by atoms with E-state index in [1.165, 1.54) is 23.5 Å². The predicted octanol–water partition coefficient (Wildman–Crippen LogP) is 3.51. The molecule has 1 saturated heterocycles. The van der Waals surface area contributed by atoms with Gasteiger partial charge in [-0.3, -0.25) is 4.79 Å². The maximum atomic E-state index is 12.7. The second-order valence-corrected chi connectivity index (χ2v) is 8.28. The number of thiophene rings is 1. The molecule has 1 aromatic heterocycles. The van der Waals surface area contributed by atoms with E-state index < -0.39 is 11.6 Å². The second kappa shape index (κ2) is 6.82. The summed E-state index contributed by atoms with van der Waals surface area (Å²) < 4.78 is 6.12. The minimum Gasteiger partial charge on any atom is -0.506 e. The van der Waals surface area contributed by atoms with Crippen molar-refractivity contribution in [3.8, 4) is 5.75 Å². The molecule has 1 spiro atoms. The van der Waals surface area contributed by atoms with Crippen LogP contribution in [0.1, 0.15) is 43.3 Å². The Morgan fingerprint density at radius 2 is 1.96 bits per heavy atom. The fourth-order valence-electron chi connectivity index (χ4n) is 3.80. The molecule has 8 heteroatoms. The first-order valence-corrected chi connectivity index (χ1v) is 9.87. The third-order valence-electron chi connectivity index (χ3n) is 5.23. The zero-order chi connectivity index (χ0) is 19.2. The molecule has 142 valence electrons. The normalized spacial score (nSPS) is 18.3. The highest BCUT2D eigenvalue weighted by atomic mass is 35.5. The molecule has 1 fully saturated rings. The van der Waals surface area contributed by atoms with E-state index in [2.05, 4.69) is 0 Å². The molecule has 1 aromatic carbocycles. The lowest BCUT2D eigenvalue weighted by Crippen LogP contribution is -2.47. The van der Waals surface area contributed by atoms with E-state index in [4.69, 9.17) is 16.3 Å². The molecule has 2 aliphatic rings. The summed E-state index contributed by atoms with van der Waals surface area (Å²) in [5.74, 6) is -1.19. The first-order chi connectivity index (χ1) is 12.9. The van der Waals surface area contributed by atoms with Crippen molar-refractivity contribution in [3.63, 3.8) is 0 Å². The standard InChI is InChI=1S/C19H18ClNO5S/c20-13-2-1-12(9-14(13)22)17(23)21-6-4-19(5-7-21)16-11(3-8-26-19)10-15(27-16)18(24)25/h1-2,9-10,22H,3-8H2,(H,24,25). The number of benzene rings is 1. The summed E-state index contributed by atoms with van der Waals surface area (Å²) in [7, 11) is 0. The highest BCUT2D eigenvalue weighted by Gasteiger charge is 2.43. The molecule has 0 atom stereocenters. The molecule has 6 nitrogen and oxygen atoms in total. The van der Waals surface area contributed by atoms with Crippen LogP contribution in [-0.2, 0) is 16.8 Å². The number of carbonyl (C=O) groups excluding carboxylic acids is 1. The average Bonchev–Trinajstić information content (AvgIpc) is 3.11. The van der Waals surface area contributed by atoms with Gasteiger partial charge in [-0.25, -0.2) is 4.79 Å². The molecule has 0 bridgehead atoms. The lowest BCUT2D eigenvalue weighted by atomic mass is 9.85. The molecule has 2 aliphatic heterocycles. The van der Waals surface area contributed by atoms with Gasteiger partial charge in [-0.2, -0.15) is 0 Å². The van der Waals surface area contributed by atoms with Crippen molar-refractivity contribution < 1.29 is 24.5 Å². The number of rotatable bonds is 2. The van der Waals surface area contributed by atoms with Crippen molar-refractivity contribution in [3.05, 3.63) is 50.2 Å². The topological polar surface area (TPSA) is 87.1 Å². The average molecular weight is 408 g/mol. The number of aromatic hydroxyl groups is 1. The smallest absolute Gasteiger partial charge is 0.345 e. The molecule has 0 unspecified atom stereocenters. The summed E-state index contributed by atoms with van der Waals surface area (Å²) in [5, 5.41) is 19.2. The molecule has 2 N–H and O–H groups in total. The molecule has 0 saturated carbocycles. The number of nitrogens with zero attached hydrogens (tertiary/aromatic N) is 1. The van der Waals surface area contributed by atoms with E-state index in [1.54, 1.807) is 17.0 Å². The number of phenolic OH excluding ortho intramolecular Hbond substituents is 1. The molecule has 3 heterocycles. The van der Waals surface area contributed by atoms with E-state index in [9.17, 15) is 19.8 Å². The summed E-state index contributed by atoms with van der Waals surface area (Å²) in [4.78, 5) is 27.1. The van der Waals surface area contributed by atoms with E-state index in [-0.39, 0.29) is 16.7 Å². The van der Waals surface area contributed by atoms with Crippen LogP contribution in [0.25, 0.3) is 0 Å². The van der Waals surface area contributed by atoms with Gasteiger partial charge < -0.3 is 19.8 Å². The Hall–Kier alpha value is -2.09. The minimum absolute atomic E-state index is 0.115. The molecular weight excluding hydrogens is 390 g/mol. The van der Waals surface area contributed by atoms with Gasteiger partial charge in [0.05, 0.1) is 11.6 Å². The fraction of sp³-hybridized carbons (Fsp3) is 0.368. The number of hydrogen-bond acceptors (Lipinski definition) is 5. The second-order valence-electron chi connectivity index (χ2n) is 6.82. The predicted molar refractivity (Wildman–Crippen MR) is 101 cm³/mol. The van der Waals surface area contributed by atoms with Crippen molar-refractivity contribution >= 4 is 34.8 Å². The van der Waals surface area contributed by atoms with Crippen molar-refractivity contribution in [2.75, 3.05) is 19.7 Å². The van der Waals surface area contributed by atoms with E-state index in [1.807, 2.05) is 0 Å². The van der Waals surface area contributed by atoms with Gasteiger partial charge in [0, 0.05) is 23.5 Å². The first kappa shape index (κ1) is 18.3. The third kappa shape index (κ3) is 3.20. The van der Waals surface area contributed by atoms with Gasteiger partial charge in [-0.1, -0.05) is 11.6 Å². The van der Waals surface area contributed by atoms with Gasteiger partial charge in [0.2, 0.25) is 0 Å². The minimum atomic E-state index is -0.917. The number of likely N-dealkylation sites (tertiary alicyclic amines) is 1. The molecule has 0 aliphatic carbocycles. The van der Waals surface area contributed by atoms with Crippen LogP contribution in [-0.4, -0.2) is 46.7 Å². The van der Waals surface area contributed by atoms with Gasteiger partial charge in [-0.05, 0) is 49.1 Å². The molecule has 0 radical (unpaired) electrons. The van der Waals surface area contributed by atoms with Gasteiger partial charge in [0.15, 0.2) is 0 Å². The first-order valence-electron chi connectivity index (χ1n) is 8.68. The largest absolute Gasteiger partial charge is 0.506 e. The summed E-state index contributed by atoms with van der Waals surface area (Å²) in [5.41, 5.74) is 0.929. The van der Waals surface area contributed by atoms with Crippen LogP contribution in [0.3, 0.4) is 0 Å². The van der Waals surface area contributed by atoms with E-state index >= 15 is 0 Å². The number of carboxylic acid groups (broad SMARTS) is 1.